The van der Waals surface area contributed by atoms with Gasteiger partial charge in [0.2, 0.25) is 0 Å². The van der Waals surface area contributed by atoms with Gasteiger partial charge in [-0.1, -0.05) is 105 Å². The standard InChI is InChI=1S/C30H34N3/c1-21(2)25-12-13-29(17-25)30(26-9-3-6-22(14-26)18-31,27-10-4-7-23(15-27)19-32)28-11-5-8-24(16-28)20-33/h3-17,21H,18-20,31-33H2,1-2H3. The van der Waals surface area contributed by atoms with Gasteiger partial charge in [-0.2, -0.15) is 0 Å². The fourth-order valence-corrected chi connectivity index (χ4v) is 4.85. The Morgan fingerprint density at radius 1 is 0.636 bits per heavy atom. The number of hydrogen-bond acceptors (Lipinski definition) is 3. The van der Waals surface area contributed by atoms with Gasteiger partial charge in [-0.3, -0.25) is 0 Å². The number of hydrogen-bond donors (Lipinski definition) is 3. The number of allylic oxidation sites excluding steroid dienone is 4. The van der Waals surface area contributed by atoms with E-state index in [2.05, 4.69) is 105 Å². The van der Waals surface area contributed by atoms with Gasteiger partial charge in [-0.15, -0.1) is 0 Å². The Bertz CT molecular complexity index is 1060. The number of rotatable bonds is 8. The molecule has 33 heavy (non-hydrogen) atoms. The molecule has 3 aromatic rings. The van der Waals surface area contributed by atoms with Crippen molar-refractivity contribution < 1.29 is 0 Å². The van der Waals surface area contributed by atoms with Crippen molar-refractivity contribution in [2.75, 3.05) is 0 Å². The second-order valence-electron chi connectivity index (χ2n) is 9.05. The molecule has 0 fully saturated rings. The summed E-state index contributed by atoms with van der Waals surface area (Å²) in [6, 6.07) is 26.0. The molecule has 0 aliphatic heterocycles. The number of nitrogens with two attached hydrogens (primary N) is 3. The third-order valence-corrected chi connectivity index (χ3v) is 6.66. The average Bonchev–Trinajstić information content (AvgIpc) is 3.36. The maximum atomic E-state index is 6.08. The minimum atomic E-state index is -0.519. The highest BCUT2D eigenvalue weighted by atomic mass is 14.5. The highest BCUT2D eigenvalue weighted by Crippen LogP contribution is 2.50. The molecule has 0 saturated heterocycles. The van der Waals surface area contributed by atoms with Gasteiger partial charge < -0.3 is 17.2 Å². The van der Waals surface area contributed by atoms with Crippen LogP contribution in [-0.2, 0) is 25.0 Å². The summed E-state index contributed by atoms with van der Waals surface area (Å²) in [6.45, 7) is 5.95. The first-order valence-electron chi connectivity index (χ1n) is 11.7. The zero-order valence-electron chi connectivity index (χ0n) is 19.6. The van der Waals surface area contributed by atoms with Crippen molar-refractivity contribution in [3.8, 4) is 0 Å². The van der Waals surface area contributed by atoms with E-state index < -0.39 is 5.41 Å². The summed E-state index contributed by atoms with van der Waals surface area (Å²) < 4.78 is 0. The quantitative estimate of drug-likeness (QED) is 0.429. The molecule has 3 heteroatoms. The van der Waals surface area contributed by atoms with Crippen LogP contribution in [0.2, 0.25) is 0 Å². The van der Waals surface area contributed by atoms with E-state index in [0.29, 0.717) is 25.6 Å². The van der Waals surface area contributed by atoms with Crippen LogP contribution in [0.4, 0.5) is 0 Å². The number of benzene rings is 3. The smallest absolute Gasteiger partial charge is 0.0589 e. The fourth-order valence-electron chi connectivity index (χ4n) is 4.85. The monoisotopic (exact) mass is 436 g/mol. The van der Waals surface area contributed by atoms with Gasteiger partial charge in [-0.25, -0.2) is 0 Å². The lowest BCUT2D eigenvalue weighted by atomic mass is 9.61. The molecule has 0 saturated carbocycles. The van der Waals surface area contributed by atoms with Crippen molar-refractivity contribution in [2.45, 2.75) is 38.9 Å². The van der Waals surface area contributed by atoms with Crippen LogP contribution in [0.15, 0.2) is 96.6 Å². The van der Waals surface area contributed by atoms with Crippen LogP contribution in [0.5, 0.6) is 0 Å². The van der Waals surface area contributed by atoms with Crippen LogP contribution in [0.3, 0.4) is 0 Å². The van der Waals surface area contributed by atoms with Gasteiger partial charge in [0.05, 0.1) is 5.41 Å². The van der Waals surface area contributed by atoms with Gasteiger partial charge in [0.15, 0.2) is 0 Å². The Balaban J connectivity index is 2.10. The van der Waals surface area contributed by atoms with Crippen molar-refractivity contribution >= 4 is 0 Å². The van der Waals surface area contributed by atoms with Crippen LogP contribution < -0.4 is 17.2 Å². The highest BCUT2D eigenvalue weighted by Gasteiger charge is 2.44. The lowest BCUT2D eigenvalue weighted by Crippen LogP contribution is -2.35. The summed E-state index contributed by atoms with van der Waals surface area (Å²) in [6.07, 6.45) is 6.87. The predicted molar refractivity (Wildman–Crippen MR) is 138 cm³/mol. The van der Waals surface area contributed by atoms with E-state index in [1.165, 1.54) is 28.2 Å². The maximum Gasteiger partial charge on any atom is 0.0589 e. The van der Waals surface area contributed by atoms with Crippen molar-refractivity contribution in [3.05, 3.63) is 136 Å². The Labute approximate surface area is 198 Å². The molecule has 4 rings (SSSR count). The van der Waals surface area contributed by atoms with Gasteiger partial charge in [0.1, 0.15) is 0 Å². The second kappa shape index (κ2) is 9.88. The van der Waals surface area contributed by atoms with Crippen molar-refractivity contribution in [2.24, 2.45) is 23.1 Å². The van der Waals surface area contributed by atoms with Gasteiger partial charge in [0, 0.05) is 25.6 Å². The first-order valence-corrected chi connectivity index (χ1v) is 11.7. The molecule has 0 heterocycles. The summed E-state index contributed by atoms with van der Waals surface area (Å²) in [5.74, 6) is 1.68. The van der Waals surface area contributed by atoms with E-state index in [1.807, 2.05) is 0 Å². The minimum Gasteiger partial charge on any atom is -0.326 e. The summed E-state index contributed by atoms with van der Waals surface area (Å²) in [5, 5.41) is 0. The van der Waals surface area contributed by atoms with E-state index >= 15 is 0 Å². The minimum absolute atomic E-state index is 0.442. The molecule has 0 amide bonds. The van der Waals surface area contributed by atoms with Crippen LogP contribution in [0.25, 0.3) is 0 Å². The molecule has 169 valence electrons. The van der Waals surface area contributed by atoms with E-state index in [9.17, 15) is 0 Å². The molecular formula is C30H34N3. The molecule has 0 bridgehead atoms. The van der Waals surface area contributed by atoms with Crippen molar-refractivity contribution in [1.82, 2.24) is 0 Å². The van der Waals surface area contributed by atoms with Crippen LogP contribution in [0, 0.1) is 11.8 Å². The molecular weight excluding hydrogens is 402 g/mol. The molecule has 1 aliphatic carbocycles. The van der Waals surface area contributed by atoms with Crippen LogP contribution in [-0.4, -0.2) is 0 Å². The molecule has 1 radical (unpaired) electrons. The van der Waals surface area contributed by atoms with Gasteiger partial charge >= 0.3 is 0 Å². The third-order valence-electron chi connectivity index (χ3n) is 6.66. The van der Waals surface area contributed by atoms with E-state index in [-0.39, 0.29) is 0 Å². The molecule has 0 atom stereocenters. The molecule has 3 nitrogen and oxygen atoms in total. The molecule has 3 aromatic carbocycles. The van der Waals surface area contributed by atoms with Crippen molar-refractivity contribution in [1.29, 1.82) is 0 Å². The zero-order valence-corrected chi connectivity index (χ0v) is 19.6. The SMILES string of the molecule is CC(C)C1=C[C](C(c2cccc(CN)c2)(c2cccc(CN)c2)c2cccc(CN)c2)C=C1. The van der Waals surface area contributed by atoms with Crippen LogP contribution in [0.1, 0.15) is 47.2 Å². The fraction of sp³-hybridized carbons (Fsp3) is 0.233. The van der Waals surface area contributed by atoms with Crippen molar-refractivity contribution in [3.63, 3.8) is 0 Å². The Morgan fingerprint density at radius 2 is 1.06 bits per heavy atom. The Morgan fingerprint density at radius 3 is 1.39 bits per heavy atom. The third kappa shape index (κ3) is 4.32. The highest BCUT2D eigenvalue weighted by molar-refractivity contribution is 5.65. The molecule has 1 aliphatic rings. The molecule has 6 N–H and O–H groups in total. The molecule has 0 unspecified atom stereocenters. The van der Waals surface area contributed by atoms with E-state index in [0.717, 1.165) is 16.7 Å². The summed E-state index contributed by atoms with van der Waals surface area (Å²) in [4.78, 5) is 0. The lowest BCUT2D eigenvalue weighted by molar-refractivity contribution is 0.684. The zero-order chi connectivity index (χ0) is 23.4. The predicted octanol–water partition coefficient (Wildman–Crippen LogP) is 5.12. The van der Waals surface area contributed by atoms with Gasteiger partial charge in [-0.05, 0) is 44.9 Å². The summed E-state index contributed by atoms with van der Waals surface area (Å²) in [5.41, 5.74) is 25.9. The summed E-state index contributed by atoms with van der Waals surface area (Å²) in [7, 11) is 0. The average molecular weight is 437 g/mol. The topological polar surface area (TPSA) is 78.1 Å². The van der Waals surface area contributed by atoms with E-state index in [4.69, 9.17) is 17.2 Å². The Kier molecular flexibility index (Phi) is 6.94. The molecule has 0 spiro atoms. The maximum absolute atomic E-state index is 6.08. The normalized spacial score (nSPS) is 14.2. The molecule has 0 aromatic heterocycles. The lowest BCUT2D eigenvalue weighted by Gasteiger charge is -2.40. The largest absolute Gasteiger partial charge is 0.326 e. The Hall–Kier alpha value is -2.98. The summed E-state index contributed by atoms with van der Waals surface area (Å²) >= 11 is 0. The first kappa shape index (κ1) is 23.2. The van der Waals surface area contributed by atoms with Crippen LogP contribution >= 0.6 is 0 Å². The second-order valence-corrected chi connectivity index (χ2v) is 9.05. The first-order chi connectivity index (χ1) is 16.0. The van der Waals surface area contributed by atoms with E-state index in [1.54, 1.807) is 0 Å². The van der Waals surface area contributed by atoms with Gasteiger partial charge in [0.25, 0.3) is 0 Å².